The molecule has 0 radical (unpaired) electrons. The van der Waals surface area contributed by atoms with E-state index in [4.69, 9.17) is 9.47 Å². The van der Waals surface area contributed by atoms with Crippen LogP contribution in [0.15, 0.2) is 48.2 Å². The van der Waals surface area contributed by atoms with Crippen LogP contribution >= 0.6 is 0 Å². The van der Waals surface area contributed by atoms with Gasteiger partial charge in [-0.3, -0.25) is 4.79 Å². The van der Waals surface area contributed by atoms with Crippen molar-refractivity contribution in [1.82, 2.24) is 0 Å². The van der Waals surface area contributed by atoms with Crippen LogP contribution in [-0.2, 0) is 4.74 Å². The molecule has 114 valence electrons. The molecule has 22 heavy (non-hydrogen) atoms. The van der Waals surface area contributed by atoms with E-state index in [9.17, 15) is 15.0 Å². The van der Waals surface area contributed by atoms with E-state index in [1.54, 1.807) is 24.3 Å². The molecule has 0 aliphatic rings. The molecule has 0 fully saturated rings. The van der Waals surface area contributed by atoms with Crippen LogP contribution in [0, 0.1) is 0 Å². The first-order chi connectivity index (χ1) is 10.6. The van der Waals surface area contributed by atoms with Crippen LogP contribution < -0.4 is 4.74 Å². The predicted octanol–water partition coefficient (Wildman–Crippen LogP) is 2.98. The molecule has 0 heterocycles. The summed E-state index contributed by atoms with van der Waals surface area (Å²) in [6.07, 6.45) is 1.53. The first kappa shape index (κ1) is 15.4. The Morgan fingerprint density at radius 3 is 2.32 bits per heavy atom. The quantitative estimate of drug-likeness (QED) is 0.504. The molecule has 2 aromatic carbocycles. The largest absolute Gasteiger partial charge is 0.508 e. The summed E-state index contributed by atoms with van der Waals surface area (Å²) in [5.74, 6) is -0.288. The van der Waals surface area contributed by atoms with Crippen LogP contribution in [-0.4, -0.2) is 30.2 Å². The molecule has 0 unspecified atom stereocenters. The summed E-state index contributed by atoms with van der Waals surface area (Å²) in [7, 11) is 2.79. The molecule has 5 nitrogen and oxygen atoms in total. The lowest BCUT2D eigenvalue weighted by atomic mass is 10.1. The summed E-state index contributed by atoms with van der Waals surface area (Å²) in [6, 6.07) is 11.0. The number of ether oxygens (including phenoxy) is 2. The molecule has 0 aromatic heterocycles. The number of benzene rings is 2. The molecule has 0 spiro atoms. The van der Waals surface area contributed by atoms with E-state index in [1.165, 1.54) is 38.5 Å². The van der Waals surface area contributed by atoms with Gasteiger partial charge in [0.15, 0.2) is 17.3 Å². The van der Waals surface area contributed by atoms with Gasteiger partial charge in [0.1, 0.15) is 5.75 Å². The number of hydrogen-bond acceptors (Lipinski definition) is 5. The monoisotopic (exact) mass is 300 g/mol. The molecule has 2 rings (SSSR count). The number of phenolic OH excluding ortho intramolecular Hbond substituents is 2. The number of carbonyl (C=O) groups excluding carboxylic acids is 1. The van der Waals surface area contributed by atoms with Crippen LogP contribution in [0.25, 0.3) is 6.08 Å². The Bertz CT molecular complexity index is 701. The highest BCUT2D eigenvalue weighted by atomic mass is 16.5. The lowest BCUT2D eigenvalue weighted by Crippen LogP contribution is -2.06. The fourth-order valence-electron chi connectivity index (χ4n) is 1.94. The average molecular weight is 300 g/mol. The molecule has 2 N–H and O–H groups in total. The summed E-state index contributed by atoms with van der Waals surface area (Å²) in [5.41, 5.74) is 0.775. The summed E-state index contributed by atoms with van der Waals surface area (Å²) in [5, 5.41) is 19.3. The number of allylic oxidation sites excluding steroid dienone is 1. The lowest BCUT2D eigenvalue weighted by molar-refractivity contribution is 0.0954. The van der Waals surface area contributed by atoms with E-state index >= 15 is 0 Å². The highest BCUT2D eigenvalue weighted by molar-refractivity contribution is 6.11. The van der Waals surface area contributed by atoms with Crippen LogP contribution in [0.4, 0.5) is 0 Å². The Morgan fingerprint density at radius 1 is 1.05 bits per heavy atom. The molecule has 0 aliphatic heterocycles. The third kappa shape index (κ3) is 3.20. The zero-order chi connectivity index (χ0) is 16.1. The van der Waals surface area contributed by atoms with Gasteiger partial charge in [0.05, 0.1) is 19.8 Å². The van der Waals surface area contributed by atoms with Gasteiger partial charge >= 0.3 is 0 Å². The van der Waals surface area contributed by atoms with Crippen molar-refractivity contribution < 1.29 is 24.5 Å². The van der Waals surface area contributed by atoms with Crippen molar-refractivity contribution in [2.45, 2.75) is 0 Å². The van der Waals surface area contributed by atoms with Gasteiger partial charge in [0.25, 0.3) is 0 Å². The van der Waals surface area contributed by atoms with Crippen molar-refractivity contribution in [3.8, 4) is 17.2 Å². The maximum atomic E-state index is 12.5. The van der Waals surface area contributed by atoms with Crippen molar-refractivity contribution in [3.63, 3.8) is 0 Å². The Balaban J connectivity index is 2.39. The van der Waals surface area contributed by atoms with E-state index in [0.717, 1.165) is 0 Å². The van der Waals surface area contributed by atoms with Gasteiger partial charge in [-0.2, -0.15) is 0 Å². The minimum absolute atomic E-state index is 0.0641. The molecule has 0 amide bonds. The summed E-state index contributed by atoms with van der Waals surface area (Å²) < 4.78 is 10.1. The van der Waals surface area contributed by atoms with E-state index < -0.39 is 5.78 Å². The molecule has 2 aromatic rings. The topological polar surface area (TPSA) is 76.0 Å². The number of phenols is 2. The third-order valence-corrected chi connectivity index (χ3v) is 3.10. The van der Waals surface area contributed by atoms with Gasteiger partial charge < -0.3 is 19.7 Å². The minimum Gasteiger partial charge on any atom is -0.508 e. The van der Waals surface area contributed by atoms with Crippen LogP contribution in [0.3, 0.4) is 0 Å². The number of ketones is 1. The maximum Gasteiger partial charge on any atom is 0.231 e. The number of methoxy groups -OCH3 is 2. The molecule has 0 saturated heterocycles. The van der Waals surface area contributed by atoms with Crippen LogP contribution in [0.1, 0.15) is 15.9 Å². The van der Waals surface area contributed by atoms with Crippen molar-refractivity contribution in [1.29, 1.82) is 0 Å². The molecular weight excluding hydrogens is 284 g/mol. The van der Waals surface area contributed by atoms with Gasteiger partial charge in [0.2, 0.25) is 5.78 Å². The van der Waals surface area contributed by atoms with Gasteiger partial charge in [0, 0.05) is 0 Å². The summed E-state index contributed by atoms with van der Waals surface area (Å²) in [6.45, 7) is 0. The molecule has 0 atom stereocenters. The number of rotatable bonds is 5. The van der Waals surface area contributed by atoms with Crippen molar-refractivity contribution in [2.24, 2.45) is 0 Å². The Hall–Kier alpha value is -2.95. The molecular formula is C17H16O5. The first-order valence-electron chi connectivity index (χ1n) is 6.52. The number of para-hydroxylation sites is 1. The van der Waals surface area contributed by atoms with E-state index in [2.05, 4.69) is 0 Å². The second kappa shape index (κ2) is 6.67. The average Bonchev–Trinajstić information content (AvgIpc) is 2.54. The predicted molar refractivity (Wildman–Crippen MR) is 82.1 cm³/mol. The van der Waals surface area contributed by atoms with Crippen LogP contribution in [0.5, 0.6) is 17.2 Å². The van der Waals surface area contributed by atoms with E-state index in [1.807, 2.05) is 0 Å². The van der Waals surface area contributed by atoms with E-state index in [0.29, 0.717) is 5.56 Å². The van der Waals surface area contributed by atoms with Gasteiger partial charge in [-0.25, -0.2) is 0 Å². The lowest BCUT2D eigenvalue weighted by Gasteiger charge is -2.10. The number of carbonyl (C=O) groups is 1. The van der Waals surface area contributed by atoms with Gasteiger partial charge in [-0.1, -0.05) is 18.2 Å². The van der Waals surface area contributed by atoms with Crippen molar-refractivity contribution >= 4 is 11.9 Å². The Labute approximate surface area is 128 Å². The number of hydrogen-bond donors (Lipinski definition) is 2. The maximum absolute atomic E-state index is 12.5. The second-order valence-electron chi connectivity index (χ2n) is 4.49. The third-order valence-electron chi connectivity index (χ3n) is 3.10. The normalized spacial score (nSPS) is 11.1. The fourth-order valence-corrected chi connectivity index (χ4v) is 1.94. The smallest absolute Gasteiger partial charge is 0.231 e. The highest BCUT2D eigenvalue weighted by Crippen LogP contribution is 2.31. The first-order valence-corrected chi connectivity index (χ1v) is 6.52. The Morgan fingerprint density at radius 2 is 1.73 bits per heavy atom. The van der Waals surface area contributed by atoms with Crippen LogP contribution in [0.2, 0.25) is 0 Å². The fraction of sp³-hybridized carbons (Fsp3) is 0.118. The Kier molecular flexibility index (Phi) is 4.68. The molecule has 0 saturated carbocycles. The zero-order valence-electron chi connectivity index (χ0n) is 12.2. The summed E-state index contributed by atoms with van der Waals surface area (Å²) in [4.78, 5) is 12.5. The second-order valence-corrected chi connectivity index (χ2v) is 4.49. The molecule has 0 aliphatic carbocycles. The van der Waals surface area contributed by atoms with Gasteiger partial charge in [-0.05, 0) is 35.9 Å². The number of Topliss-reactive ketones (excluding diaryl/α,β-unsaturated/α-hetero) is 1. The highest BCUT2D eigenvalue weighted by Gasteiger charge is 2.19. The number of aromatic hydroxyl groups is 2. The van der Waals surface area contributed by atoms with Crippen molar-refractivity contribution in [2.75, 3.05) is 14.2 Å². The minimum atomic E-state index is -0.466. The standard InChI is InChI=1S/C17H16O5/c1-21-14-5-3-4-13(16(14)19)17(20)15(22-2)10-11-6-8-12(18)9-7-11/h3-10,18-19H,1-2H3. The molecule has 0 bridgehead atoms. The van der Waals surface area contributed by atoms with Crippen molar-refractivity contribution in [3.05, 3.63) is 59.4 Å². The van der Waals surface area contributed by atoms with Gasteiger partial charge in [-0.15, -0.1) is 0 Å². The summed E-state index contributed by atoms with van der Waals surface area (Å²) >= 11 is 0. The SMILES string of the molecule is COC(=Cc1ccc(O)cc1)C(=O)c1cccc(OC)c1O. The zero-order valence-corrected chi connectivity index (χ0v) is 12.2. The van der Waals surface area contributed by atoms with E-state index in [-0.39, 0.29) is 28.6 Å². The molecule has 5 heteroatoms.